The lowest BCUT2D eigenvalue weighted by molar-refractivity contribution is 0.150. The maximum atomic E-state index is 14.0. The van der Waals surface area contributed by atoms with Gasteiger partial charge in [0.1, 0.15) is 5.82 Å². The van der Waals surface area contributed by atoms with Crippen LogP contribution in [-0.4, -0.2) is 11.7 Å². The molecule has 0 saturated carbocycles. The van der Waals surface area contributed by atoms with Gasteiger partial charge in [-0.25, -0.2) is 4.39 Å². The first-order valence-corrected chi connectivity index (χ1v) is 6.86. The lowest BCUT2D eigenvalue weighted by Gasteiger charge is -2.33. The van der Waals surface area contributed by atoms with Crippen LogP contribution < -0.4 is 5.32 Å². The minimum atomic E-state index is -0.749. The highest BCUT2D eigenvalue weighted by atomic mass is 19.1. The van der Waals surface area contributed by atoms with Crippen molar-refractivity contribution >= 4 is 0 Å². The van der Waals surface area contributed by atoms with Crippen LogP contribution in [0.25, 0.3) is 0 Å². The zero-order chi connectivity index (χ0) is 14.4. The van der Waals surface area contributed by atoms with E-state index in [1.54, 1.807) is 18.2 Å². The Balaban J connectivity index is 2.24. The molecule has 2 rings (SSSR count). The van der Waals surface area contributed by atoms with Crippen LogP contribution in [0.5, 0.6) is 0 Å². The predicted octanol–water partition coefficient (Wildman–Crippen LogP) is 3.21. The summed E-state index contributed by atoms with van der Waals surface area (Å²) in [5.41, 5.74) is 0.873. The lowest BCUT2D eigenvalue weighted by Crippen LogP contribution is -2.45. The molecule has 0 heterocycles. The average Bonchev–Trinajstić information content (AvgIpc) is 2.51. The van der Waals surface area contributed by atoms with Crippen LogP contribution in [0.2, 0.25) is 0 Å². The van der Waals surface area contributed by atoms with E-state index < -0.39 is 5.54 Å². The molecular formula is C17H20FNO. The molecule has 106 valence electrons. The normalized spacial score (nSPS) is 13.9. The summed E-state index contributed by atoms with van der Waals surface area (Å²) in [5, 5.41) is 13.1. The molecule has 0 radical (unpaired) electrons. The van der Waals surface area contributed by atoms with Gasteiger partial charge in [-0.05, 0) is 18.1 Å². The molecule has 2 N–H and O–H groups in total. The molecular weight excluding hydrogens is 253 g/mol. The number of halogens is 1. The molecule has 1 unspecified atom stereocenters. The van der Waals surface area contributed by atoms with Gasteiger partial charge >= 0.3 is 0 Å². The number of hydrogen-bond acceptors (Lipinski definition) is 2. The van der Waals surface area contributed by atoms with E-state index in [0.717, 1.165) is 5.56 Å². The number of hydrogen-bond donors (Lipinski definition) is 2. The van der Waals surface area contributed by atoms with Gasteiger partial charge in [-0.2, -0.15) is 0 Å². The van der Waals surface area contributed by atoms with E-state index in [1.807, 2.05) is 37.3 Å². The first-order chi connectivity index (χ1) is 9.72. The predicted molar refractivity (Wildman–Crippen MR) is 78.7 cm³/mol. The third-order valence-electron chi connectivity index (χ3n) is 3.74. The van der Waals surface area contributed by atoms with Crippen molar-refractivity contribution in [1.29, 1.82) is 0 Å². The fourth-order valence-corrected chi connectivity index (χ4v) is 2.38. The Labute approximate surface area is 119 Å². The van der Waals surface area contributed by atoms with Crippen molar-refractivity contribution < 1.29 is 9.50 Å². The smallest absolute Gasteiger partial charge is 0.128 e. The monoisotopic (exact) mass is 273 g/mol. The SMILES string of the molecule is CCC(CO)(NCc1ccccc1)c1ccccc1F. The van der Waals surface area contributed by atoms with Crippen LogP contribution in [0.3, 0.4) is 0 Å². The van der Waals surface area contributed by atoms with E-state index in [2.05, 4.69) is 5.32 Å². The van der Waals surface area contributed by atoms with Crippen molar-refractivity contribution in [2.24, 2.45) is 0 Å². The number of aliphatic hydroxyl groups excluding tert-OH is 1. The quantitative estimate of drug-likeness (QED) is 0.847. The highest BCUT2D eigenvalue weighted by Crippen LogP contribution is 2.27. The first-order valence-electron chi connectivity index (χ1n) is 6.86. The molecule has 3 heteroatoms. The van der Waals surface area contributed by atoms with Gasteiger partial charge in [-0.15, -0.1) is 0 Å². The van der Waals surface area contributed by atoms with Crippen LogP contribution in [0.4, 0.5) is 4.39 Å². The minimum absolute atomic E-state index is 0.142. The van der Waals surface area contributed by atoms with Crippen LogP contribution in [0.15, 0.2) is 54.6 Å². The number of aliphatic hydroxyl groups is 1. The van der Waals surface area contributed by atoms with Crippen LogP contribution in [-0.2, 0) is 12.1 Å². The van der Waals surface area contributed by atoms with Crippen molar-refractivity contribution in [2.75, 3.05) is 6.61 Å². The fraction of sp³-hybridized carbons (Fsp3) is 0.294. The average molecular weight is 273 g/mol. The van der Waals surface area contributed by atoms with Gasteiger partial charge in [0, 0.05) is 12.1 Å². The number of rotatable bonds is 6. The molecule has 0 aliphatic carbocycles. The van der Waals surface area contributed by atoms with E-state index in [-0.39, 0.29) is 12.4 Å². The Hall–Kier alpha value is -1.71. The lowest BCUT2D eigenvalue weighted by atomic mass is 9.87. The van der Waals surface area contributed by atoms with Crippen molar-refractivity contribution in [3.8, 4) is 0 Å². The molecule has 2 aromatic rings. The van der Waals surface area contributed by atoms with Gasteiger partial charge in [0.05, 0.1) is 12.1 Å². The molecule has 0 aliphatic heterocycles. The maximum Gasteiger partial charge on any atom is 0.128 e. The van der Waals surface area contributed by atoms with Gasteiger partial charge in [0.2, 0.25) is 0 Å². The second-order valence-corrected chi connectivity index (χ2v) is 4.91. The molecule has 0 fully saturated rings. The van der Waals surface area contributed by atoms with E-state index in [9.17, 15) is 9.50 Å². The first kappa shape index (κ1) is 14.7. The molecule has 1 atom stereocenters. The van der Waals surface area contributed by atoms with Gasteiger partial charge in [-0.3, -0.25) is 0 Å². The second kappa shape index (κ2) is 6.64. The summed E-state index contributed by atoms with van der Waals surface area (Å²) in [5.74, 6) is -0.288. The van der Waals surface area contributed by atoms with Gasteiger partial charge < -0.3 is 10.4 Å². The summed E-state index contributed by atoms with van der Waals surface area (Å²) in [6.45, 7) is 2.39. The molecule has 0 bridgehead atoms. The molecule has 0 aromatic heterocycles. The van der Waals surface area contributed by atoms with E-state index >= 15 is 0 Å². The van der Waals surface area contributed by atoms with Gasteiger partial charge in [-0.1, -0.05) is 55.5 Å². The summed E-state index contributed by atoms with van der Waals surface area (Å²) >= 11 is 0. The molecule has 0 saturated heterocycles. The molecule has 2 nitrogen and oxygen atoms in total. The van der Waals surface area contributed by atoms with Crippen LogP contribution in [0, 0.1) is 5.82 Å². The summed E-state index contributed by atoms with van der Waals surface area (Å²) in [7, 11) is 0. The summed E-state index contributed by atoms with van der Waals surface area (Å²) in [6, 6.07) is 16.5. The number of nitrogens with one attached hydrogen (secondary N) is 1. The summed E-state index contributed by atoms with van der Waals surface area (Å²) in [6.07, 6.45) is 0.608. The Morgan fingerprint density at radius 1 is 1.05 bits per heavy atom. The van der Waals surface area contributed by atoms with Gasteiger partial charge in [0.25, 0.3) is 0 Å². The Morgan fingerprint density at radius 2 is 1.70 bits per heavy atom. The third-order valence-corrected chi connectivity index (χ3v) is 3.74. The highest BCUT2D eigenvalue weighted by Gasteiger charge is 2.31. The van der Waals surface area contributed by atoms with E-state index in [0.29, 0.717) is 18.5 Å². The zero-order valence-corrected chi connectivity index (χ0v) is 11.6. The number of benzene rings is 2. The summed E-state index contributed by atoms with van der Waals surface area (Å²) < 4.78 is 14.0. The van der Waals surface area contributed by atoms with E-state index in [1.165, 1.54) is 6.07 Å². The Kier molecular flexibility index (Phi) is 4.88. The minimum Gasteiger partial charge on any atom is -0.394 e. The topological polar surface area (TPSA) is 32.3 Å². The van der Waals surface area contributed by atoms with Crippen LogP contribution >= 0.6 is 0 Å². The van der Waals surface area contributed by atoms with Gasteiger partial charge in [0.15, 0.2) is 0 Å². The molecule has 0 spiro atoms. The maximum absolute atomic E-state index is 14.0. The van der Waals surface area contributed by atoms with Crippen molar-refractivity contribution in [3.05, 3.63) is 71.5 Å². The second-order valence-electron chi connectivity index (χ2n) is 4.91. The highest BCUT2D eigenvalue weighted by molar-refractivity contribution is 5.27. The molecule has 0 aliphatic rings. The summed E-state index contributed by atoms with van der Waals surface area (Å²) in [4.78, 5) is 0. The zero-order valence-electron chi connectivity index (χ0n) is 11.6. The standard InChI is InChI=1S/C17H20FNO/c1-2-17(13-20,15-10-6-7-11-16(15)18)19-12-14-8-4-3-5-9-14/h3-11,19-20H,2,12-13H2,1H3. The molecule has 20 heavy (non-hydrogen) atoms. The third kappa shape index (κ3) is 3.06. The Morgan fingerprint density at radius 3 is 2.30 bits per heavy atom. The van der Waals surface area contributed by atoms with E-state index in [4.69, 9.17) is 0 Å². The molecule has 0 amide bonds. The largest absolute Gasteiger partial charge is 0.394 e. The Bertz CT molecular complexity index is 538. The van der Waals surface area contributed by atoms with Crippen molar-refractivity contribution in [1.82, 2.24) is 5.32 Å². The van der Waals surface area contributed by atoms with Crippen molar-refractivity contribution in [2.45, 2.75) is 25.4 Å². The van der Waals surface area contributed by atoms with Crippen molar-refractivity contribution in [3.63, 3.8) is 0 Å². The van der Waals surface area contributed by atoms with Crippen LogP contribution in [0.1, 0.15) is 24.5 Å². The molecule has 2 aromatic carbocycles. The fourth-order valence-electron chi connectivity index (χ4n) is 2.38.